The zero-order valence-electron chi connectivity index (χ0n) is 9.54. The Balaban J connectivity index is 2.71. The van der Waals surface area contributed by atoms with Crippen LogP contribution in [0, 0.1) is 25.7 Å². The average molecular weight is 203 g/mol. The van der Waals surface area contributed by atoms with Crippen molar-refractivity contribution >= 4 is 0 Å². The molecule has 0 spiro atoms. The Hall–Kier alpha value is -1.33. The molecular weight excluding hydrogens is 186 g/mol. The number of hydrogen-bond acceptors (Lipinski definition) is 2. The van der Waals surface area contributed by atoms with Crippen LogP contribution in [0.25, 0.3) is 0 Å². The van der Waals surface area contributed by atoms with Gasteiger partial charge in [-0.2, -0.15) is 0 Å². The van der Waals surface area contributed by atoms with Gasteiger partial charge in [0.25, 0.3) is 0 Å². The molecule has 1 heterocycles. The first kappa shape index (κ1) is 11.7. The first-order valence-electron chi connectivity index (χ1n) is 5.16. The highest BCUT2D eigenvalue weighted by Gasteiger charge is 2.10. The van der Waals surface area contributed by atoms with E-state index in [1.807, 2.05) is 26.8 Å². The summed E-state index contributed by atoms with van der Waals surface area (Å²) >= 11 is 0. The lowest BCUT2D eigenvalue weighted by molar-refractivity contribution is 0.164. The summed E-state index contributed by atoms with van der Waals surface area (Å²) in [5.41, 5.74) is 2.95. The van der Waals surface area contributed by atoms with Gasteiger partial charge < -0.3 is 5.11 Å². The molecule has 80 valence electrons. The van der Waals surface area contributed by atoms with Crippen LogP contribution < -0.4 is 0 Å². The highest BCUT2D eigenvalue weighted by atomic mass is 16.3. The smallest absolute Gasteiger partial charge is 0.0971 e. The van der Waals surface area contributed by atoms with Gasteiger partial charge in [-0.05, 0) is 38.3 Å². The summed E-state index contributed by atoms with van der Waals surface area (Å²) in [5, 5.41) is 9.89. The van der Waals surface area contributed by atoms with Gasteiger partial charge in [0.1, 0.15) is 0 Å². The van der Waals surface area contributed by atoms with Crippen molar-refractivity contribution in [3.63, 3.8) is 0 Å². The summed E-state index contributed by atoms with van der Waals surface area (Å²) in [6.45, 7) is 5.78. The monoisotopic (exact) mass is 203 g/mol. The van der Waals surface area contributed by atoms with Crippen LogP contribution in [0.5, 0.6) is 0 Å². The number of aryl methyl sites for hydroxylation is 2. The van der Waals surface area contributed by atoms with Crippen molar-refractivity contribution in [2.75, 3.05) is 0 Å². The molecule has 0 aliphatic rings. The van der Waals surface area contributed by atoms with E-state index in [4.69, 9.17) is 0 Å². The van der Waals surface area contributed by atoms with Gasteiger partial charge in [-0.25, -0.2) is 0 Å². The van der Waals surface area contributed by atoms with E-state index < -0.39 is 6.10 Å². The second kappa shape index (κ2) is 5.53. The van der Waals surface area contributed by atoms with Crippen molar-refractivity contribution in [3.8, 4) is 11.8 Å². The second-order valence-electron chi connectivity index (χ2n) is 3.70. The maximum atomic E-state index is 9.89. The van der Waals surface area contributed by atoms with E-state index in [1.54, 1.807) is 6.20 Å². The van der Waals surface area contributed by atoms with Crippen LogP contribution in [-0.2, 0) is 0 Å². The van der Waals surface area contributed by atoms with Gasteiger partial charge in [0, 0.05) is 12.6 Å². The number of aliphatic hydroxyl groups is 1. The van der Waals surface area contributed by atoms with Gasteiger partial charge >= 0.3 is 0 Å². The minimum atomic E-state index is -0.494. The molecule has 0 aliphatic carbocycles. The predicted molar refractivity (Wildman–Crippen MR) is 61.4 cm³/mol. The lowest BCUT2D eigenvalue weighted by atomic mass is 10.1. The summed E-state index contributed by atoms with van der Waals surface area (Å²) in [6, 6.07) is 2.04. The molecule has 1 N–H and O–H groups in total. The van der Waals surface area contributed by atoms with Crippen molar-refractivity contribution in [1.29, 1.82) is 0 Å². The number of rotatable bonds is 3. The van der Waals surface area contributed by atoms with Gasteiger partial charge in [-0.1, -0.05) is 6.07 Å². The average Bonchev–Trinajstić information content (AvgIpc) is 2.17. The normalized spacial score (nSPS) is 11.7. The third-order valence-electron chi connectivity index (χ3n) is 2.29. The first-order chi connectivity index (χ1) is 7.15. The lowest BCUT2D eigenvalue weighted by Gasteiger charge is -2.11. The fourth-order valence-electron chi connectivity index (χ4n) is 1.55. The zero-order valence-corrected chi connectivity index (χ0v) is 9.54. The number of pyridine rings is 1. The second-order valence-corrected chi connectivity index (χ2v) is 3.70. The van der Waals surface area contributed by atoms with Crippen molar-refractivity contribution in [1.82, 2.24) is 4.98 Å². The zero-order chi connectivity index (χ0) is 11.3. The summed E-state index contributed by atoms with van der Waals surface area (Å²) in [4.78, 5) is 4.26. The van der Waals surface area contributed by atoms with E-state index in [0.29, 0.717) is 12.8 Å². The Labute approximate surface area is 91.4 Å². The van der Waals surface area contributed by atoms with Crippen molar-refractivity contribution in [3.05, 3.63) is 29.1 Å². The minimum absolute atomic E-state index is 0.494. The van der Waals surface area contributed by atoms with Crippen LogP contribution in [0.3, 0.4) is 0 Å². The summed E-state index contributed by atoms with van der Waals surface area (Å²) < 4.78 is 0. The maximum absolute atomic E-state index is 9.89. The summed E-state index contributed by atoms with van der Waals surface area (Å²) in [5.74, 6) is 5.76. The number of aliphatic hydroxyl groups excluding tert-OH is 1. The van der Waals surface area contributed by atoms with Gasteiger partial charge in [0.15, 0.2) is 0 Å². The molecule has 1 unspecified atom stereocenters. The molecule has 0 saturated heterocycles. The SMILES string of the molecule is CC#CCCC(O)c1ncc(C)cc1C. The van der Waals surface area contributed by atoms with E-state index in [2.05, 4.69) is 16.8 Å². The van der Waals surface area contributed by atoms with E-state index in [9.17, 15) is 5.11 Å². The van der Waals surface area contributed by atoms with Gasteiger partial charge in [0.2, 0.25) is 0 Å². The summed E-state index contributed by atoms with van der Waals surface area (Å²) in [7, 11) is 0. The molecule has 1 aromatic heterocycles. The molecule has 2 heteroatoms. The van der Waals surface area contributed by atoms with Gasteiger partial charge in [0.05, 0.1) is 11.8 Å². The molecule has 0 amide bonds. The molecule has 0 bridgehead atoms. The molecule has 0 radical (unpaired) electrons. The van der Waals surface area contributed by atoms with Crippen LogP contribution in [-0.4, -0.2) is 10.1 Å². The van der Waals surface area contributed by atoms with Crippen molar-refractivity contribution in [2.24, 2.45) is 0 Å². The number of hydrogen-bond donors (Lipinski definition) is 1. The van der Waals surface area contributed by atoms with E-state index in [1.165, 1.54) is 0 Å². The Morgan fingerprint density at radius 1 is 1.47 bits per heavy atom. The van der Waals surface area contributed by atoms with Crippen LogP contribution in [0.4, 0.5) is 0 Å². The van der Waals surface area contributed by atoms with E-state index >= 15 is 0 Å². The molecule has 15 heavy (non-hydrogen) atoms. The number of aromatic nitrogens is 1. The molecule has 1 atom stereocenters. The summed E-state index contributed by atoms with van der Waals surface area (Å²) in [6.07, 6.45) is 2.66. The molecule has 0 fully saturated rings. The highest BCUT2D eigenvalue weighted by molar-refractivity contribution is 5.24. The quantitative estimate of drug-likeness (QED) is 0.766. The first-order valence-corrected chi connectivity index (χ1v) is 5.16. The predicted octanol–water partition coefficient (Wildman–Crippen LogP) is 2.54. The van der Waals surface area contributed by atoms with E-state index in [0.717, 1.165) is 16.8 Å². The van der Waals surface area contributed by atoms with E-state index in [-0.39, 0.29) is 0 Å². The Morgan fingerprint density at radius 2 is 2.20 bits per heavy atom. The molecule has 0 aromatic carbocycles. The molecule has 0 saturated carbocycles. The van der Waals surface area contributed by atoms with Gasteiger partial charge in [-0.3, -0.25) is 4.98 Å². The van der Waals surface area contributed by atoms with Crippen LogP contribution in [0.1, 0.15) is 42.7 Å². The Bertz CT molecular complexity index is 387. The topological polar surface area (TPSA) is 33.1 Å². The largest absolute Gasteiger partial charge is 0.387 e. The van der Waals surface area contributed by atoms with Crippen molar-refractivity contribution in [2.45, 2.75) is 39.7 Å². The Morgan fingerprint density at radius 3 is 2.80 bits per heavy atom. The van der Waals surface area contributed by atoms with Crippen molar-refractivity contribution < 1.29 is 5.11 Å². The standard InChI is InChI=1S/C13H17NO/c1-4-5-6-7-12(15)13-11(3)8-10(2)9-14-13/h8-9,12,15H,6-7H2,1-3H3. The van der Waals surface area contributed by atoms with Crippen LogP contribution in [0.15, 0.2) is 12.3 Å². The third-order valence-corrected chi connectivity index (χ3v) is 2.29. The van der Waals surface area contributed by atoms with Crippen LogP contribution in [0.2, 0.25) is 0 Å². The Kier molecular flexibility index (Phi) is 4.33. The molecule has 2 nitrogen and oxygen atoms in total. The number of nitrogens with zero attached hydrogens (tertiary/aromatic N) is 1. The van der Waals surface area contributed by atoms with Crippen LogP contribution >= 0.6 is 0 Å². The third kappa shape index (κ3) is 3.38. The fourth-order valence-corrected chi connectivity index (χ4v) is 1.55. The minimum Gasteiger partial charge on any atom is -0.387 e. The molecule has 1 rings (SSSR count). The maximum Gasteiger partial charge on any atom is 0.0971 e. The molecule has 1 aromatic rings. The van der Waals surface area contributed by atoms with Gasteiger partial charge in [-0.15, -0.1) is 11.8 Å². The lowest BCUT2D eigenvalue weighted by Crippen LogP contribution is -2.03. The molecular formula is C13H17NO. The fraction of sp³-hybridized carbons (Fsp3) is 0.462. The highest BCUT2D eigenvalue weighted by Crippen LogP contribution is 2.19. The molecule has 0 aliphatic heterocycles.